The number of aromatic nitrogens is 1. The molecule has 2 aromatic rings. The SMILES string of the molecule is O=C(c1cccnc1Oc1ccc(F)cc1Br)N1CCCNCC1. The summed E-state index contributed by atoms with van der Waals surface area (Å²) < 4.78 is 19.4. The van der Waals surface area contributed by atoms with Crippen LogP contribution in [0.15, 0.2) is 41.0 Å². The zero-order chi connectivity index (χ0) is 16.9. The largest absolute Gasteiger partial charge is 0.437 e. The second-order valence-corrected chi connectivity index (χ2v) is 6.28. The lowest BCUT2D eigenvalue weighted by Crippen LogP contribution is -2.34. The lowest BCUT2D eigenvalue weighted by Gasteiger charge is -2.21. The van der Waals surface area contributed by atoms with Crippen molar-refractivity contribution in [3.05, 3.63) is 52.4 Å². The fraction of sp³-hybridized carbons (Fsp3) is 0.294. The van der Waals surface area contributed by atoms with Gasteiger partial charge in [-0.2, -0.15) is 0 Å². The van der Waals surface area contributed by atoms with E-state index in [1.165, 1.54) is 18.2 Å². The van der Waals surface area contributed by atoms with Gasteiger partial charge in [0.2, 0.25) is 5.88 Å². The number of hydrogen-bond acceptors (Lipinski definition) is 4. The van der Waals surface area contributed by atoms with Crippen LogP contribution in [0.1, 0.15) is 16.8 Å². The quantitative estimate of drug-likeness (QED) is 0.869. The number of amides is 1. The van der Waals surface area contributed by atoms with E-state index in [0.717, 1.165) is 19.5 Å². The average molecular weight is 394 g/mol. The summed E-state index contributed by atoms with van der Waals surface area (Å²) in [4.78, 5) is 18.8. The Morgan fingerprint density at radius 3 is 3.00 bits per heavy atom. The first-order valence-electron chi connectivity index (χ1n) is 7.73. The van der Waals surface area contributed by atoms with Crippen molar-refractivity contribution in [2.24, 2.45) is 0 Å². The third-order valence-corrected chi connectivity index (χ3v) is 4.35. The highest BCUT2D eigenvalue weighted by Crippen LogP contribution is 2.31. The summed E-state index contributed by atoms with van der Waals surface area (Å²) in [6.07, 6.45) is 2.47. The molecule has 2 heterocycles. The molecule has 0 saturated carbocycles. The molecule has 5 nitrogen and oxygen atoms in total. The summed E-state index contributed by atoms with van der Waals surface area (Å²) in [5, 5.41) is 3.27. The minimum Gasteiger partial charge on any atom is -0.437 e. The van der Waals surface area contributed by atoms with Crippen molar-refractivity contribution in [2.75, 3.05) is 26.2 Å². The molecule has 7 heteroatoms. The maximum atomic E-state index is 13.2. The van der Waals surface area contributed by atoms with Crippen molar-refractivity contribution < 1.29 is 13.9 Å². The third kappa shape index (κ3) is 3.91. The van der Waals surface area contributed by atoms with Crippen molar-refractivity contribution in [2.45, 2.75) is 6.42 Å². The van der Waals surface area contributed by atoms with Gasteiger partial charge >= 0.3 is 0 Å². The highest BCUT2D eigenvalue weighted by molar-refractivity contribution is 9.10. The molecule has 0 spiro atoms. The maximum Gasteiger partial charge on any atom is 0.259 e. The standard InChI is InChI=1S/C17H17BrFN3O2/c18-14-11-12(19)4-5-15(14)24-16-13(3-1-7-21-16)17(23)22-9-2-6-20-8-10-22/h1,3-5,7,11,20H,2,6,8-10H2. The fourth-order valence-corrected chi connectivity index (χ4v) is 2.95. The van der Waals surface area contributed by atoms with Crippen LogP contribution < -0.4 is 10.1 Å². The Labute approximate surface area is 148 Å². The number of benzene rings is 1. The van der Waals surface area contributed by atoms with Crippen LogP contribution >= 0.6 is 15.9 Å². The summed E-state index contributed by atoms with van der Waals surface area (Å²) in [5.74, 6) is 0.136. The molecule has 126 valence electrons. The Balaban J connectivity index is 1.85. The van der Waals surface area contributed by atoms with E-state index in [0.29, 0.717) is 28.9 Å². The van der Waals surface area contributed by atoms with Crippen LogP contribution in [0.5, 0.6) is 11.6 Å². The second-order valence-electron chi connectivity index (χ2n) is 5.43. The Hall–Kier alpha value is -1.99. The first-order chi connectivity index (χ1) is 11.6. The number of ether oxygens (including phenoxy) is 1. The first-order valence-corrected chi connectivity index (χ1v) is 8.52. The Bertz CT molecular complexity index is 734. The van der Waals surface area contributed by atoms with E-state index in [2.05, 4.69) is 26.2 Å². The third-order valence-electron chi connectivity index (χ3n) is 3.73. The lowest BCUT2D eigenvalue weighted by atomic mass is 10.2. The smallest absolute Gasteiger partial charge is 0.259 e. The molecule has 1 saturated heterocycles. The molecule has 1 aromatic carbocycles. The maximum absolute atomic E-state index is 13.2. The molecule has 24 heavy (non-hydrogen) atoms. The van der Waals surface area contributed by atoms with Gasteiger partial charge < -0.3 is 15.0 Å². The van der Waals surface area contributed by atoms with E-state index in [1.807, 2.05) is 0 Å². The molecule has 1 fully saturated rings. The van der Waals surface area contributed by atoms with Gasteiger partial charge in [0.05, 0.1) is 4.47 Å². The molecular formula is C17H17BrFN3O2. The molecule has 1 aliphatic heterocycles. The van der Waals surface area contributed by atoms with Crippen LogP contribution in [0, 0.1) is 5.82 Å². The number of hydrogen-bond donors (Lipinski definition) is 1. The highest BCUT2D eigenvalue weighted by atomic mass is 79.9. The number of nitrogens with one attached hydrogen (secondary N) is 1. The van der Waals surface area contributed by atoms with Gasteiger partial charge in [0.1, 0.15) is 17.1 Å². The number of nitrogens with zero attached hydrogens (tertiary/aromatic N) is 2. The second kappa shape index (κ2) is 7.72. The predicted octanol–water partition coefficient (Wildman–Crippen LogP) is 3.21. The summed E-state index contributed by atoms with van der Waals surface area (Å²) in [6, 6.07) is 7.50. The van der Waals surface area contributed by atoms with E-state index < -0.39 is 0 Å². The van der Waals surface area contributed by atoms with Crippen LogP contribution in [0.4, 0.5) is 4.39 Å². The van der Waals surface area contributed by atoms with Crippen LogP contribution in [0.3, 0.4) is 0 Å². The number of halogens is 2. The molecule has 1 aliphatic rings. The van der Waals surface area contributed by atoms with Gasteiger partial charge in [-0.25, -0.2) is 9.37 Å². The van der Waals surface area contributed by atoms with Crippen LogP contribution in [-0.2, 0) is 0 Å². The molecular weight excluding hydrogens is 377 g/mol. The zero-order valence-electron chi connectivity index (χ0n) is 13.0. The van der Waals surface area contributed by atoms with Gasteiger partial charge in [-0.1, -0.05) is 0 Å². The lowest BCUT2D eigenvalue weighted by molar-refractivity contribution is 0.0763. The van der Waals surface area contributed by atoms with E-state index in [9.17, 15) is 9.18 Å². The number of pyridine rings is 1. The molecule has 0 atom stereocenters. The minimum atomic E-state index is -0.372. The number of carbonyl (C=O) groups is 1. The van der Waals surface area contributed by atoms with Gasteiger partial charge in [-0.05, 0) is 59.2 Å². The summed E-state index contributed by atoms with van der Waals surface area (Å²) in [7, 11) is 0. The summed E-state index contributed by atoms with van der Waals surface area (Å²) >= 11 is 3.26. The van der Waals surface area contributed by atoms with E-state index in [-0.39, 0.29) is 17.6 Å². The Morgan fingerprint density at radius 2 is 2.17 bits per heavy atom. The number of carbonyl (C=O) groups excluding carboxylic acids is 1. The highest BCUT2D eigenvalue weighted by Gasteiger charge is 2.22. The molecule has 0 unspecified atom stereocenters. The summed E-state index contributed by atoms with van der Waals surface area (Å²) in [5.41, 5.74) is 0.399. The average Bonchev–Trinajstić information content (AvgIpc) is 2.86. The summed E-state index contributed by atoms with van der Waals surface area (Å²) in [6.45, 7) is 3.02. The van der Waals surface area contributed by atoms with Crippen molar-refractivity contribution in [3.8, 4) is 11.6 Å². The van der Waals surface area contributed by atoms with Crippen LogP contribution in [-0.4, -0.2) is 42.0 Å². The minimum absolute atomic E-state index is 0.111. The van der Waals surface area contributed by atoms with Gasteiger partial charge in [-0.15, -0.1) is 0 Å². The van der Waals surface area contributed by atoms with Crippen LogP contribution in [0.2, 0.25) is 0 Å². The predicted molar refractivity (Wildman–Crippen MR) is 91.8 cm³/mol. The van der Waals surface area contributed by atoms with Gasteiger partial charge in [-0.3, -0.25) is 4.79 Å². The van der Waals surface area contributed by atoms with Gasteiger partial charge in [0.15, 0.2) is 0 Å². The first kappa shape index (κ1) is 16.9. The van der Waals surface area contributed by atoms with Crippen molar-refractivity contribution in [1.82, 2.24) is 15.2 Å². The van der Waals surface area contributed by atoms with Crippen molar-refractivity contribution in [3.63, 3.8) is 0 Å². The van der Waals surface area contributed by atoms with E-state index in [1.54, 1.807) is 23.2 Å². The van der Waals surface area contributed by atoms with E-state index in [4.69, 9.17) is 4.74 Å². The Morgan fingerprint density at radius 1 is 1.29 bits per heavy atom. The molecule has 0 aliphatic carbocycles. The molecule has 1 aromatic heterocycles. The van der Waals surface area contributed by atoms with Crippen molar-refractivity contribution >= 4 is 21.8 Å². The fourth-order valence-electron chi connectivity index (χ4n) is 2.52. The van der Waals surface area contributed by atoms with E-state index >= 15 is 0 Å². The van der Waals surface area contributed by atoms with Gasteiger partial charge in [0.25, 0.3) is 5.91 Å². The molecule has 3 rings (SSSR count). The number of rotatable bonds is 3. The topological polar surface area (TPSA) is 54.5 Å². The van der Waals surface area contributed by atoms with Gasteiger partial charge in [0, 0.05) is 25.8 Å². The zero-order valence-corrected chi connectivity index (χ0v) is 14.6. The molecule has 1 amide bonds. The molecule has 1 N–H and O–H groups in total. The normalized spacial score (nSPS) is 15.0. The molecule has 0 radical (unpaired) electrons. The monoisotopic (exact) mass is 393 g/mol. The Kier molecular flexibility index (Phi) is 5.42. The molecule has 0 bridgehead atoms. The van der Waals surface area contributed by atoms with Crippen LogP contribution in [0.25, 0.3) is 0 Å². The van der Waals surface area contributed by atoms with Crippen molar-refractivity contribution in [1.29, 1.82) is 0 Å².